The standard InChI is InChI=1S/C23H29N3O5/c1-5-15-14-18(21(28)29)20(27)24-19(15)16-6-8-17(9-7-16)25-10-12-26(13-11-25)22(30)31-23(2,3)4/h6-9,14H,5,10-13H2,1-4H3,(H,24,27)(H,28,29). The predicted molar refractivity (Wildman–Crippen MR) is 119 cm³/mol. The minimum atomic E-state index is -1.23. The number of carboxylic acids is 1. The summed E-state index contributed by atoms with van der Waals surface area (Å²) < 4.78 is 5.44. The Morgan fingerprint density at radius 3 is 2.23 bits per heavy atom. The number of pyridine rings is 1. The number of amides is 1. The van der Waals surface area contributed by atoms with Crippen molar-refractivity contribution in [2.45, 2.75) is 39.7 Å². The highest BCUT2D eigenvalue weighted by atomic mass is 16.6. The number of nitrogens with one attached hydrogen (secondary N) is 1. The van der Waals surface area contributed by atoms with Crippen molar-refractivity contribution in [3.63, 3.8) is 0 Å². The summed E-state index contributed by atoms with van der Waals surface area (Å²) in [6, 6.07) is 9.23. The second-order valence-corrected chi connectivity index (χ2v) is 8.57. The number of ether oxygens (including phenoxy) is 1. The molecule has 1 aliphatic heterocycles. The summed E-state index contributed by atoms with van der Waals surface area (Å²) in [5.74, 6) is -1.23. The number of carbonyl (C=O) groups is 2. The quantitative estimate of drug-likeness (QED) is 0.776. The molecule has 0 aliphatic carbocycles. The van der Waals surface area contributed by atoms with Gasteiger partial charge in [0.1, 0.15) is 11.2 Å². The van der Waals surface area contributed by atoms with Crippen LogP contribution in [0.15, 0.2) is 35.1 Å². The zero-order valence-corrected chi connectivity index (χ0v) is 18.4. The molecule has 2 heterocycles. The van der Waals surface area contributed by atoms with E-state index in [4.69, 9.17) is 4.74 Å². The van der Waals surface area contributed by atoms with Gasteiger partial charge in [-0.2, -0.15) is 0 Å². The minimum Gasteiger partial charge on any atom is -0.477 e. The normalized spacial score (nSPS) is 14.5. The van der Waals surface area contributed by atoms with E-state index < -0.39 is 17.1 Å². The van der Waals surface area contributed by atoms with E-state index >= 15 is 0 Å². The molecule has 0 spiro atoms. The summed E-state index contributed by atoms with van der Waals surface area (Å²) in [4.78, 5) is 42.2. The SMILES string of the molecule is CCc1cc(C(=O)O)c(=O)[nH]c1-c1ccc(N2CCN(C(=O)OC(C)(C)C)CC2)cc1. The second kappa shape index (κ2) is 8.83. The number of aromatic amines is 1. The first kappa shape index (κ1) is 22.4. The summed E-state index contributed by atoms with van der Waals surface area (Å²) in [5.41, 5.74) is 1.89. The van der Waals surface area contributed by atoms with Crippen LogP contribution in [0, 0.1) is 0 Å². The molecule has 166 valence electrons. The van der Waals surface area contributed by atoms with Gasteiger partial charge in [0.25, 0.3) is 5.56 Å². The molecule has 0 atom stereocenters. The van der Waals surface area contributed by atoms with Crippen molar-refractivity contribution in [2.75, 3.05) is 31.1 Å². The highest BCUT2D eigenvalue weighted by Crippen LogP contribution is 2.25. The number of hydrogen-bond donors (Lipinski definition) is 2. The molecule has 0 radical (unpaired) electrons. The van der Waals surface area contributed by atoms with Gasteiger partial charge in [0.2, 0.25) is 0 Å². The maximum absolute atomic E-state index is 12.2. The van der Waals surface area contributed by atoms with Gasteiger partial charge in [0, 0.05) is 31.9 Å². The molecule has 0 unspecified atom stereocenters. The molecule has 1 aromatic carbocycles. The second-order valence-electron chi connectivity index (χ2n) is 8.57. The Bertz CT molecular complexity index is 1010. The molecule has 1 fully saturated rings. The van der Waals surface area contributed by atoms with Gasteiger partial charge in [-0.05, 0) is 56.5 Å². The van der Waals surface area contributed by atoms with Crippen LogP contribution >= 0.6 is 0 Å². The third-order valence-electron chi connectivity index (χ3n) is 5.19. The molecule has 1 aliphatic rings. The molecule has 2 aromatic rings. The topological polar surface area (TPSA) is 103 Å². The number of nitrogens with zero attached hydrogens (tertiary/aromatic N) is 2. The van der Waals surface area contributed by atoms with Gasteiger partial charge in [0.05, 0.1) is 5.69 Å². The molecule has 1 saturated heterocycles. The van der Waals surface area contributed by atoms with Crippen molar-refractivity contribution in [3.05, 3.63) is 51.8 Å². The van der Waals surface area contributed by atoms with Crippen molar-refractivity contribution in [2.24, 2.45) is 0 Å². The van der Waals surface area contributed by atoms with Crippen LogP contribution in [0.5, 0.6) is 0 Å². The monoisotopic (exact) mass is 427 g/mol. The number of rotatable bonds is 4. The number of benzene rings is 1. The number of carbonyl (C=O) groups excluding carboxylic acids is 1. The third kappa shape index (κ3) is 5.25. The van der Waals surface area contributed by atoms with Gasteiger partial charge in [-0.3, -0.25) is 4.79 Å². The van der Waals surface area contributed by atoms with E-state index in [2.05, 4.69) is 9.88 Å². The van der Waals surface area contributed by atoms with E-state index in [0.717, 1.165) is 16.8 Å². The van der Waals surface area contributed by atoms with Crippen molar-refractivity contribution in [3.8, 4) is 11.3 Å². The number of H-pyrrole nitrogens is 1. The Balaban J connectivity index is 1.72. The fourth-order valence-electron chi connectivity index (χ4n) is 3.58. The number of anilines is 1. The molecule has 1 amide bonds. The van der Waals surface area contributed by atoms with Crippen LogP contribution < -0.4 is 10.5 Å². The number of aromatic carboxylic acids is 1. The zero-order valence-electron chi connectivity index (χ0n) is 18.4. The van der Waals surface area contributed by atoms with Gasteiger partial charge < -0.3 is 24.6 Å². The largest absolute Gasteiger partial charge is 0.477 e. The lowest BCUT2D eigenvalue weighted by Gasteiger charge is -2.36. The molecule has 31 heavy (non-hydrogen) atoms. The number of aryl methyl sites for hydroxylation is 1. The fraction of sp³-hybridized carbons (Fsp3) is 0.435. The van der Waals surface area contributed by atoms with Crippen LogP contribution in [-0.4, -0.2) is 58.8 Å². The minimum absolute atomic E-state index is 0.250. The van der Waals surface area contributed by atoms with E-state index in [1.54, 1.807) is 4.90 Å². The lowest BCUT2D eigenvalue weighted by molar-refractivity contribution is 0.0240. The molecule has 8 heteroatoms. The number of carboxylic acid groups (broad SMARTS) is 1. The van der Waals surface area contributed by atoms with E-state index in [9.17, 15) is 19.5 Å². The molecular formula is C23H29N3O5. The highest BCUT2D eigenvalue weighted by Gasteiger charge is 2.26. The number of aromatic nitrogens is 1. The van der Waals surface area contributed by atoms with Crippen LogP contribution in [0.25, 0.3) is 11.3 Å². The van der Waals surface area contributed by atoms with Crippen molar-refractivity contribution in [1.82, 2.24) is 9.88 Å². The van der Waals surface area contributed by atoms with Crippen LogP contribution in [0.3, 0.4) is 0 Å². The Morgan fingerprint density at radius 1 is 1.10 bits per heavy atom. The van der Waals surface area contributed by atoms with Crippen molar-refractivity contribution in [1.29, 1.82) is 0 Å². The van der Waals surface area contributed by atoms with Gasteiger partial charge >= 0.3 is 12.1 Å². The number of hydrogen-bond acceptors (Lipinski definition) is 5. The molecule has 3 rings (SSSR count). The average molecular weight is 428 g/mol. The summed E-state index contributed by atoms with van der Waals surface area (Å²) in [6.07, 6.45) is 0.309. The van der Waals surface area contributed by atoms with Crippen LogP contribution in [-0.2, 0) is 11.2 Å². The van der Waals surface area contributed by atoms with Crippen molar-refractivity contribution >= 4 is 17.7 Å². The Kier molecular flexibility index (Phi) is 6.38. The van der Waals surface area contributed by atoms with Gasteiger partial charge in [-0.1, -0.05) is 19.1 Å². The molecule has 2 N–H and O–H groups in total. The Labute approximate surface area is 181 Å². The van der Waals surface area contributed by atoms with Gasteiger partial charge in [-0.25, -0.2) is 9.59 Å². The summed E-state index contributed by atoms with van der Waals surface area (Å²) >= 11 is 0. The van der Waals surface area contributed by atoms with E-state index in [1.807, 2.05) is 52.0 Å². The van der Waals surface area contributed by atoms with Crippen LogP contribution in [0.4, 0.5) is 10.5 Å². The molecule has 1 aromatic heterocycles. The molecule has 0 saturated carbocycles. The fourth-order valence-corrected chi connectivity index (χ4v) is 3.58. The van der Waals surface area contributed by atoms with E-state index in [1.165, 1.54) is 6.07 Å². The Morgan fingerprint density at radius 2 is 1.71 bits per heavy atom. The van der Waals surface area contributed by atoms with Gasteiger partial charge in [0.15, 0.2) is 0 Å². The smallest absolute Gasteiger partial charge is 0.410 e. The summed E-state index contributed by atoms with van der Waals surface area (Å²) in [7, 11) is 0. The maximum atomic E-state index is 12.2. The van der Waals surface area contributed by atoms with Gasteiger partial charge in [-0.15, -0.1) is 0 Å². The van der Waals surface area contributed by atoms with E-state index in [0.29, 0.717) is 38.3 Å². The first-order chi connectivity index (χ1) is 14.6. The van der Waals surface area contributed by atoms with Crippen LogP contribution in [0.2, 0.25) is 0 Å². The molecule has 0 bridgehead atoms. The first-order valence-electron chi connectivity index (χ1n) is 10.4. The highest BCUT2D eigenvalue weighted by molar-refractivity contribution is 5.88. The van der Waals surface area contributed by atoms with Crippen LogP contribution in [0.1, 0.15) is 43.6 Å². The number of piperazine rings is 1. The van der Waals surface area contributed by atoms with E-state index in [-0.39, 0.29) is 11.7 Å². The third-order valence-corrected chi connectivity index (χ3v) is 5.19. The summed E-state index contributed by atoms with van der Waals surface area (Å²) in [6.45, 7) is 10.0. The first-order valence-corrected chi connectivity index (χ1v) is 10.4. The zero-order chi connectivity index (χ0) is 22.8. The molecule has 8 nitrogen and oxygen atoms in total. The lowest BCUT2D eigenvalue weighted by Crippen LogP contribution is -2.50. The average Bonchev–Trinajstić information content (AvgIpc) is 2.72. The Hall–Kier alpha value is -3.29. The lowest BCUT2D eigenvalue weighted by atomic mass is 10.0. The molecular weight excluding hydrogens is 398 g/mol. The summed E-state index contributed by atoms with van der Waals surface area (Å²) in [5, 5.41) is 9.18. The van der Waals surface area contributed by atoms with Crippen molar-refractivity contribution < 1.29 is 19.4 Å². The predicted octanol–water partition coefficient (Wildman–Crippen LogP) is 3.36. The maximum Gasteiger partial charge on any atom is 0.410 e.